The Morgan fingerprint density at radius 1 is 0.909 bits per heavy atom. The molecule has 0 amide bonds. The van der Waals surface area contributed by atoms with Gasteiger partial charge in [0.2, 0.25) is 0 Å². The van der Waals surface area contributed by atoms with E-state index < -0.39 is 11.9 Å². The maximum absolute atomic E-state index is 9.90. The van der Waals surface area contributed by atoms with Gasteiger partial charge >= 0.3 is 80.8 Å². The van der Waals surface area contributed by atoms with Gasteiger partial charge < -0.3 is 10.2 Å². The van der Waals surface area contributed by atoms with Crippen LogP contribution >= 0.6 is 0 Å². The molecule has 0 aromatic carbocycles. The van der Waals surface area contributed by atoms with Gasteiger partial charge in [0.25, 0.3) is 0 Å². The Balaban J connectivity index is 0. The second-order valence-corrected chi connectivity index (χ2v) is 1.99. The first-order valence-corrected chi connectivity index (χ1v) is 3.06. The first-order chi connectivity index (χ1) is 4.63. The van der Waals surface area contributed by atoms with E-state index in [1.807, 2.05) is 0 Å². The van der Waals surface area contributed by atoms with Crippen molar-refractivity contribution in [2.24, 2.45) is 0 Å². The van der Waals surface area contributed by atoms with Crippen LogP contribution in [0.5, 0.6) is 0 Å². The Kier molecular flexibility index (Phi) is 12.0. The van der Waals surface area contributed by atoms with Crippen LogP contribution in [0, 0.1) is 0 Å². The third kappa shape index (κ3) is 13.9. The SMILES string of the molecule is O=C(O)CCCCC(=O)O.[CsH]. The van der Waals surface area contributed by atoms with Gasteiger partial charge in [-0.3, -0.25) is 9.59 Å². The number of carbonyl (C=O) groups is 2. The first kappa shape index (κ1) is 14.5. The molecule has 0 fully saturated rings. The average Bonchev–Trinajstić information content (AvgIpc) is 1.79. The summed E-state index contributed by atoms with van der Waals surface area (Å²) in [5.41, 5.74) is 0. The Morgan fingerprint density at radius 3 is 1.36 bits per heavy atom. The molecule has 4 nitrogen and oxygen atoms in total. The number of unbranched alkanes of at least 4 members (excludes halogenated alkanes) is 1. The molecule has 2 N–H and O–H groups in total. The molecule has 0 aliphatic heterocycles. The van der Waals surface area contributed by atoms with E-state index >= 15 is 0 Å². The number of carboxylic acid groups (broad SMARTS) is 2. The van der Waals surface area contributed by atoms with Crippen LogP contribution in [0.2, 0.25) is 0 Å². The molecule has 0 radical (unpaired) electrons. The van der Waals surface area contributed by atoms with E-state index in [1.165, 1.54) is 0 Å². The van der Waals surface area contributed by atoms with Crippen LogP contribution in [0.15, 0.2) is 0 Å². The zero-order valence-corrected chi connectivity index (χ0v) is 5.54. The Labute approximate surface area is 124 Å². The zero-order chi connectivity index (χ0) is 7.98. The van der Waals surface area contributed by atoms with Gasteiger partial charge in [0.15, 0.2) is 0 Å². The predicted octanol–water partition coefficient (Wildman–Crippen LogP) is 0.0675. The number of hydrogen-bond acceptors (Lipinski definition) is 2. The molecule has 0 atom stereocenters. The van der Waals surface area contributed by atoms with Crippen LogP contribution in [-0.4, -0.2) is 91.0 Å². The zero-order valence-electron chi connectivity index (χ0n) is 5.54. The third-order valence-electron chi connectivity index (χ3n) is 1.03. The van der Waals surface area contributed by atoms with Gasteiger partial charge in [-0.2, -0.15) is 0 Å². The summed E-state index contributed by atoms with van der Waals surface area (Å²) in [4.78, 5) is 19.8. The number of carboxylic acids is 2. The molecular formula is C6H11CsO4. The van der Waals surface area contributed by atoms with Crippen LogP contribution in [-0.2, 0) is 9.59 Å². The fraction of sp³-hybridized carbons (Fsp3) is 0.667. The van der Waals surface area contributed by atoms with Gasteiger partial charge in [0.1, 0.15) is 0 Å². The standard InChI is InChI=1S/C6H10O4.Cs.H/c7-5(8)3-1-2-4-6(9)10;;/h1-4H2,(H,7,8)(H,9,10);;. The normalized spacial score (nSPS) is 8.36. The fourth-order valence-corrected chi connectivity index (χ4v) is 0.552. The van der Waals surface area contributed by atoms with Crippen molar-refractivity contribution in [2.45, 2.75) is 25.7 Å². The summed E-state index contributed by atoms with van der Waals surface area (Å²) in [6, 6.07) is 0. The Morgan fingerprint density at radius 2 is 1.18 bits per heavy atom. The molecular weight excluding hydrogens is 269 g/mol. The molecule has 0 rings (SSSR count). The van der Waals surface area contributed by atoms with E-state index in [0.717, 1.165) is 0 Å². The van der Waals surface area contributed by atoms with Gasteiger partial charge in [0.05, 0.1) is 0 Å². The van der Waals surface area contributed by atoms with Gasteiger partial charge in [0, 0.05) is 12.8 Å². The molecule has 0 aliphatic carbocycles. The summed E-state index contributed by atoms with van der Waals surface area (Å²) in [7, 11) is 0. The molecule has 0 aliphatic rings. The van der Waals surface area contributed by atoms with Crippen molar-refractivity contribution in [3.63, 3.8) is 0 Å². The van der Waals surface area contributed by atoms with Crippen LogP contribution in [0.25, 0.3) is 0 Å². The van der Waals surface area contributed by atoms with E-state index in [0.29, 0.717) is 12.8 Å². The van der Waals surface area contributed by atoms with E-state index in [2.05, 4.69) is 0 Å². The summed E-state index contributed by atoms with van der Waals surface area (Å²) < 4.78 is 0. The third-order valence-corrected chi connectivity index (χ3v) is 1.03. The van der Waals surface area contributed by atoms with Crippen LogP contribution in [0.1, 0.15) is 25.7 Å². The number of aliphatic carboxylic acids is 2. The van der Waals surface area contributed by atoms with E-state index in [1.54, 1.807) is 0 Å². The Bertz CT molecular complexity index is 119. The second-order valence-electron chi connectivity index (χ2n) is 1.99. The Hall–Kier alpha value is 0.992. The second kappa shape index (κ2) is 9.08. The molecule has 0 aromatic heterocycles. The minimum absolute atomic E-state index is 0. The molecule has 0 bridgehead atoms. The van der Waals surface area contributed by atoms with E-state index in [4.69, 9.17) is 10.2 Å². The van der Waals surface area contributed by atoms with Gasteiger partial charge in [-0.1, -0.05) is 0 Å². The summed E-state index contributed by atoms with van der Waals surface area (Å²) >= 11 is 0. The molecule has 5 heteroatoms. The summed E-state index contributed by atoms with van der Waals surface area (Å²) in [5.74, 6) is -1.74. The van der Waals surface area contributed by atoms with Crippen molar-refractivity contribution in [2.75, 3.05) is 0 Å². The monoisotopic (exact) mass is 280 g/mol. The maximum atomic E-state index is 9.90. The molecule has 0 spiro atoms. The molecule has 11 heavy (non-hydrogen) atoms. The van der Waals surface area contributed by atoms with Crippen molar-refractivity contribution >= 4 is 80.8 Å². The van der Waals surface area contributed by atoms with E-state index in [9.17, 15) is 9.59 Å². The molecule has 0 saturated carbocycles. The summed E-state index contributed by atoms with van der Waals surface area (Å²) in [5, 5.41) is 16.3. The predicted molar refractivity (Wildman–Crippen MR) is 40.9 cm³/mol. The number of rotatable bonds is 5. The molecule has 60 valence electrons. The fourth-order valence-electron chi connectivity index (χ4n) is 0.552. The summed E-state index contributed by atoms with van der Waals surface area (Å²) in [6.45, 7) is 0. The first-order valence-electron chi connectivity index (χ1n) is 3.06. The van der Waals surface area contributed by atoms with Gasteiger partial charge in [-0.05, 0) is 12.8 Å². The van der Waals surface area contributed by atoms with Crippen LogP contribution in [0.4, 0.5) is 0 Å². The van der Waals surface area contributed by atoms with Crippen molar-refractivity contribution in [3.8, 4) is 0 Å². The van der Waals surface area contributed by atoms with Crippen molar-refractivity contribution in [3.05, 3.63) is 0 Å². The average molecular weight is 280 g/mol. The van der Waals surface area contributed by atoms with Crippen LogP contribution < -0.4 is 0 Å². The van der Waals surface area contributed by atoms with E-state index in [-0.39, 0.29) is 81.7 Å². The van der Waals surface area contributed by atoms with Gasteiger partial charge in [-0.15, -0.1) is 0 Å². The van der Waals surface area contributed by atoms with Crippen molar-refractivity contribution < 1.29 is 19.8 Å². The molecule has 0 heterocycles. The summed E-state index contributed by atoms with van der Waals surface area (Å²) in [6.07, 6.45) is 1.02. The van der Waals surface area contributed by atoms with Crippen molar-refractivity contribution in [1.82, 2.24) is 0 Å². The van der Waals surface area contributed by atoms with Crippen LogP contribution in [0.3, 0.4) is 0 Å². The minimum atomic E-state index is -0.870. The number of hydrogen-bond donors (Lipinski definition) is 2. The molecule has 0 unspecified atom stereocenters. The topological polar surface area (TPSA) is 74.6 Å². The van der Waals surface area contributed by atoms with Gasteiger partial charge in [-0.25, -0.2) is 0 Å². The molecule has 0 saturated heterocycles. The molecule has 0 aromatic rings. The van der Waals surface area contributed by atoms with Crippen molar-refractivity contribution in [1.29, 1.82) is 0 Å². The quantitative estimate of drug-likeness (QED) is 0.699.